The van der Waals surface area contributed by atoms with Crippen molar-refractivity contribution in [3.8, 4) is 11.4 Å². The van der Waals surface area contributed by atoms with Gasteiger partial charge in [0.05, 0.1) is 28.8 Å². The van der Waals surface area contributed by atoms with Crippen LogP contribution in [0.4, 0.5) is 5.13 Å². The molecule has 2 N–H and O–H groups in total. The molecule has 8 nitrogen and oxygen atoms in total. The van der Waals surface area contributed by atoms with Gasteiger partial charge in [0.1, 0.15) is 16.8 Å². The Bertz CT molecular complexity index is 1850. The van der Waals surface area contributed by atoms with Crippen LogP contribution in [-0.2, 0) is 4.79 Å². The summed E-state index contributed by atoms with van der Waals surface area (Å²) in [5.41, 5.74) is 4.19. The number of carbonyl (C=O) groups excluding carboxylic acids is 1. The summed E-state index contributed by atoms with van der Waals surface area (Å²) in [6.45, 7) is 2.02. The molecule has 0 atom stereocenters. The van der Waals surface area contributed by atoms with Crippen LogP contribution in [0.15, 0.2) is 76.7 Å². The maximum atomic E-state index is 13.7. The number of nitrogens with zero attached hydrogens (tertiary/aromatic N) is 3. The second-order valence-corrected chi connectivity index (χ2v) is 10.4. The fourth-order valence-corrected chi connectivity index (χ4v) is 5.95. The van der Waals surface area contributed by atoms with Gasteiger partial charge in [0.15, 0.2) is 10.3 Å². The lowest BCUT2D eigenvalue weighted by atomic mass is 10.2. The molecule has 3 heterocycles. The van der Waals surface area contributed by atoms with E-state index in [4.69, 9.17) is 9.72 Å². The molecule has 0 fully saturated rings. The molecule has 0 aliphatic rings. The van der Waals surface area contributed by atoms with Gasteiger partial charge in [-0.25, -0.2) is 9.97 Å². The molecule has 3 aromatic heterocycles. The minimum Gasteiger partial charge on any atom is -0.497 e. The number of hydrogen-bond acceptors (Lipinski definition) is 7. The Morgan fingerprint density at radius 3 is 2.73 bits per heavy atom. The van der Waals surface area contributed by atoms with Crippen LogP contribution in [0.2, 0.25) is 0 Å². The number of aryl methyl sites for hydroxylation is 1. The lowest BCUT2D eigenvalue weighted by molar-refractivity contribution is -0.113. The average molecular weight is 528 g/mol. The zero-order valence-electron chi connectivity index (χ0n) is 19.9. The van der Waals surface area contributed by atoms with Crippen molar-refractivity contribution in [2.45, 2.75) is 12.1 Å². The number of methoxy groups -OCH3 is 1. The van der Waals surface area contributed by atoms with Gasteiger partial charge >= 0.3 is 0 Å². The van der Waals surface area contributed by atoms with E-state index in [-0.39, 0.29) is 17.2 Å². The summed E-state index contributed by atoms with van der Waals surface area (Å²) in [4.78, 5) is 39.1. The van der Waals surface area contributed by atoms with Gasteiger partial charge in [0.25, 0.3) is 5.56 Å². The molecule has 0 aliphatic carbocycles. The number of nitrogens with one attached hydrogen (secondary N) is 2. The monoisotopic (exact) mass is 527 g/mol. The first-order valence-electron chi connectivity index (χ1n) is 11.5. The number of benzene rings is 3. The summed E-state index contributed by atoms with van der Waals surface area (Å²) in [5.74, 6) is 0.511. The fourth-order valence-electron chi connectivity index (χ4n) is 4.17. The van der Waals surface area contributed by atoms with Crippen molar-refractivity contribution >= 4 is 66.3 Å². The summed E-state index contributed by atoms with van der Waals surface area (Å²) in [5, 5.41) is 4.70. The number of aromatic nitrogens is 4. The number of ether oxygens (including phenoxy) is 1. The molecule has 184 valence electrons. The zero-order chi connectivity index (χ0) is 25.5. The Balaban J connectivity index is 1.36. The van der Waals surface area contributed by atoms with E-state index in [9.17, 15) is 9.59 Å². The highest BCUT2D eigenvalue weighted by Gasteiger charge is 2.18. The van der Waals surface area contributed by atoms with E-state index in [1.807, 2.05) is 49.4 Å². The van der Waals surface area contributed by atoms with Gasteiger partial charge in [0.2, 0.25) is 5.91 Å². The minimum absolute atomic E-state index is 0.0609. The standard InChI is InChI=1S/C27H21N5O3S2/c1-15-7-12-20-21(13-15)37-26(29-20)30-22(33)14-36-27-31-23-18-5-3-4-6-19(18)28-24(23)25(34)32(27)16-8-10-17(35-2)11-9-16/h3-13,28H,14H2,1-2H3,(H,29,30,33). The van der Waals surface area contributed by atoms with Crippen molar-refractivity contribution in [2.24, 2.45) is 0 Å². The van der Waals surface area contributed by atoms with Crippen LogP contribution >= 0.6 is 23.1 Å². The SMILES string of the molecule is COc1ccc(-n2c(SCC(=O)Nc3nc4ccc(C)cc4s3)nc3c([nH]c4ccccc43)c2=O)cc1. The van der Waals surface area contributed by atoms with Crippen LogP contribution in [-0.4, -0.2) is 38.3 Å². The van der Waals surface area contributed by atoms with E-state index >= 15 is 0 Å². The number of anilines is 1. The molecule has 3 aromatic carbocycles. The molecule has 1 amide bonds. The summed E-state index contributed by atoms with van der Waals surface area (Å²) in [6.07, 6.45) is 0. The lowest BCUT2D eigenvalue weighted by Crippen LogP contribution is -2.23. The first kappa shape index (κ1) is 23.3. The highest BCUT2D eigenvalue weighted by atomic mass is 32.2. The van der Waals surface area contributed by atoms with Crippen LogP contribution in [0.3, 0.4) is 0 Å². The third-order valence-electron chi connectivity index (χ3n) is 5.95. The molecule has 0 spiro atoms. The maximum Gasteiger partial charge on any atom is 0.283 e. The van der Waals surface area contributed by atoms with Gasteiger partial charge < -0.3 is 15.0 Å². The molecule has 6 aromatic rings. The van der Waals surface area contributed by atoms with Crippen molar-refractivity contribution in [1.29, 1.82) is 0 Å². The maximum absolute atomic E-state index is 13.7. The number of H-pyrrole nitrogens is 1. The van der Waals surface area contributed by atoms with Crippen LogP contribution < -0.4 is 15.6 Å². The first-order valence-corrected chi connectivity index (χ1v) is 13.3. The predicted octanol–water partition coefficient (Wildman–Crippen LogP) is 5.52. The molecule has 0 unspecified atom stereocenters. The van der Waals surface area contributed by atoms with Gasteiger partial charge in [-0.2, -0.15) is 0 Å². The van der Waals surface area contributed by atoms with Gasteiger partial charge in [0, 0.05) is 10.9 Å². The Kier molecular flexibility index (Phi) is 5.90. The predicted molar refractivity (Wildman–Crippen MR) is 149 cm³/mol. The normalized spacial score (nSPS) is 11.4. The summed E-state index contributed by atoms with van der Waals surface area (Å²) in [6, 6.07) is 20.8. The topological polar surface area (TPSA) is 102 Å². The van der Waals surface area contributed by atoms with Gasteiger partial charge in [-0.1, -0.05) is 47.4 Å². The van der Waals surface area contributed by atoms with Crippen LogP contribution in [0, 0.1) is 6.92 Å². The zero-order valence-corrected chi connectivity index (χ0v) is 21.6. The second-order valence-electron chi connectivity index (χ2n) is 8.45. The van der Waals surface area contributed by atoms with Gasteiger partial charge in [-0.3, -0.25) is 14.2 Å². The average Bonchev–Trinajstić information content (AvgIpc) is 3.48. The number of hydrogen-bond donors (Lipinski definition) is 2. The Labute approximate surface area is 219 Å². The van der Waals surface area contributed by atoms with Crippen molar-refractivity contribution in [3.63, 3.8) is 0 Å². The highest BCUT2D eigenvalue weighted by molar-refractivity contribution is 7.99. The van der Waals surface area contributed by atoms with Crippen LogP contribution in [0.1, 0.15) is 5.56 Å². The van der Waals surface area contributed by atoms with Crippen molar-refractivity contribution < 1.29 is 9.53 Å². The van der Waals surface area contributed by atoms with Crippen molar-refractivity contribution in [1.82, 2.24) is 19.5 Å². The summed E-state index contributed by atoms with van der Waals surface area (Å²) >= 11 is 2.63. The largest absolute Gasteiger partial charge is 0.497 e. The fraction of sp³-hybridized carbons (Fsp3) is 0.111. The third-order valence-corrected chi connectivity index (χ3v) is 7.82. The minimum atomic E-state index is -0.240. The third kappa shape index (κ3) is 4.34. The quantitative estimate of drug-likeness (QED) is 0.218. The number of fused-ring (bicyclic) bond motifs is 4. The van der Waals surface area contributed by atoms with Crippen molar-refractivity contribution in [2.75, 3.05) is 18.2 Å². The van der Waals surface area contributed by atoms with E-state index in [2.05, 4.69) is 15.3 Å². The lowest BCUT2D eigenvalue weighted by Gasteiger charge is -2.12. The molecule has 0 saturated heterocycles. The molecule has 0 aliphatic heterocycles. The molecule has 37 heavy (non-hydrogen) atoms. The number of rotatable bonds is 6. The summed E-state index contributed by atoms with van der Waals surface area (Å²) < 4.78 is 7.81. The second kappa shape index (κ2) is 9.38. The van der Waals surface area contributed by atoms with Gasteiger partial charge in [-0.05, 0) is 55.0 Å². The number of thiazole rings is 1. The number of thioether (sulfide) groups is 1. The number of aromatic amines is 1. The summed E-state index contributed by atoms with van der Waals surface area (Å²) in [7, 11) is 1.59. The number of amides is 1. The molecule has 10 heteroatoms. The van der Waals surface area contributed by atoms with Crippen LogP contribution in [0.5, 0.6) is 5.75 Å². The molecule has 0 saturated carbocycles. The van der Waals surface area contributed by atoms with E-state index in [1.165, 1.54) is 27.7 Å². The Morgan fingerprint density at radius 2 is 1.92 bits per heavy atom. The molecular formula is C27H21N5O3S2. The van der Waals surface area contributed by atoms with Gasteiger partial charge in [-0.15, -0.1) is 0 Å². The number of carbonyl (C=O) groups is 1. The van der Waals surface area contributed by atoms with Crippen molar-refractivity contribution in [3.05, 3.63) is 82.6 Å². The smallest absolute Gasteiger partial charge is 0.283 e. The highest BCUT2D eigenvalue weighted by Crippen LogP contribution is 2.29. The van der Waals surface area contributed by atoms with E-state index in [0.29, 0.717) is 32.8 Å². The molecule has 0 bridgehead atoms. The Morgan fingerprint density at radius 1 is 1.11 bits per heavy atom. The molecule has 0 radical (unpaired) electrons. The van der Waals surface area contributed by atoms with E-state index in [1.54, 1.807) is 31.4 Å². The van der Waals surface area contributed by atoms with Crippen LogP contribution in [0.25, 0.3) is 37.8 Å². The Hall–Kier alpha value is -4.15. The molecule has 6 rings (SSSR count). The number of para-hydroxylation sites is 1. The molecular weight excluding hydrogens is 506 g/mol. The van der Waals surface area contributed by atoms with E-state index < -0.39 is 0 Å². The first-order chi connectivity index (χ1) is 18.0. The van der Waals surface area contributed by atoms with E-state index in [0.717, 1.165) is 26.7 Å².